The molecule has 0 aliphatic carbocycles. The van der Waals surface area contributed by atoms with Crippen molar-refractivity contribution < 1.29 is 18.1 Å². The predicted molar refractivity (Wildman–Crippen MR) is 86.4 cm³/mol. The molecule has 0 bridgehead atoms. The molecule has 0 saturated heterocycles. The summed E-state index contributed by atoms with van der Waals surface area (Å²) in [6, 6.07) is 9.53. The fourth-order valence-corrected chi connectivity index (χ4v) is 2.62. The zero-order valence-electron chi connectivity index (χ0n) is 12.6. The fourth-order valence-electron chi connectivity index (χ4n) is 1.94. The first-order chi connectivity index (χ1) is 11.7. The van der Waals surface area contributed by atoms with Gasteiger partial charge in [0.25, 0.3) is 0 Å². The van der Waals surface area contributed by atoms with Gasteiger partial charge in [0.05, 0.1) is 24.3 Å². The molecule has 0 radical (unpaired) electrons. The molecule has 0 fully saturated rings. The molecule has 0 spiro atoms. The van der Waals surface area contributed by atoms with Crippen molar-refractivity contribution in [2.75, 3.05) is 5.75 Å². The molecule has 124 valence electrons. The Labute approximate surface area is 141 Å². The topological polar surface area (TPSA) is 81.2 Å². The monoisotopic (exact) mass is 347 g/mol. The molecule has 1 N–H and O–H groups in total. The van der Waals surface area contributed by atoms with E-state index in [0.29, 0.717) is 35.3 Å². The highest BCUT2D eigenvalue weighted by atomic mass is 32.2. The van der Waals surface area contributed by atoms with Gasteiger partial charge in [-0.25, -0.2) is 4.39 Å². The standard InChI is InChI=1S/C16H14FN3O3S/c17-12-4-1-3-11(7-12)16-19-15(23-20-16)10-24-9-14(21)18-8-13-5-2-6-22-13/h1-7H,8-10H2,(H,18,21). The van der Waals surface area contributed by atoms with Crippen molar-refractivity contribution >= 4 is 17.7 Å². The minimum atomic E-state index is -0.360. The van der Waals surface area contributed by atoms with E-state index >= 15 is 0 Å². The smallest absolute Gasteiger partial charge is 0.236 e. The number of carbonyl (C=O) groups is 1. The first kappa shape index (κ1) is 16.3. The number of halogens is 1. The van der Waals surface area contributed by atoms with Crippen molar-refractivity contribution in [2.45, 2.75) is 12.3 Å². The summed E-state index contributed by atoms with van der Waals surface area (Å²) in [7, 11) is 0. The number of nitrogens with zero attached hydrogens (tertiary/aromatic N) is 2. The molecule has 0 atom stereocenters. The lowest BCUT2D eigenvalue weighted by atomic mass is 10.2. The molecule has 8 heteroatoms. The van der Waals surface area contributed by atoms with Crippen LogP contribution in [0.5, 0.6) is 0 Å². The van der Waals surface area contributed by atoms with Gasteiger partial charge in [-0.1, -0.05) is 17.3 Å². The maximum atomic E-state index is 13.2. The van der Waals surface area contributed by atoms with Gasteiger partial charge in [0, 0.05) is 5.56 Å². The average molecular weight is 347 g/mol. The molecule has 6 nitrogen and oxygen atoms in total. The summed E-state index contributed by atoms with van der Waals surface area (Å²) in [6.07, 6.45) is 1.56. The van der Waals surface area contributed by atoms with Crippen LogP contribution in [0.1, 0.15) is 11.7 Å². The van der Waals surface area contributed by atoms with Crippen LogP contribution in [0.2, 0.25) is 0 Å². The van der Waals surface area contributed by atoms with Crippen molar-refractivity contribution in [3.63, 3.8) is 0 Å². The predicted octanol–water partition coefficient (Wildman–Crippen LogP) is 3.02. The summed E-state index contributed by atoms with van der Waals surface area (Å²) in [5.74, 6) is 1.60. The second-order valence-electron chi connectivity index (χ2n) is 4.87. The summed E-state index contributed by atoms with van der Waals surface area (Å²) in [5.41, 5.74) is 0.547. The van der Waals surface area contributed by atoms with E-state index in [4.69, 9.17) is 8.94 Å². The lowest BCUT2D eigenvalue weighted by molar-refractivity contribution is -0.118. The van der Waals surface area contributed by atoms with Gasteiger partial charge in [-0.3, -0.25) is 4.79 Å². The number of furan rings is 1. The summed E-state index contributed by atoms with van der Waals surface area (Å²) in [4.78, 5) is 15.9. The van der Waals surface area contributed by atoms with Crippen LogP contribution in [-0.4, -0.2) is 21.8 Å². The Hall–Kier alpha value is -2.61. The number of thioether (sulfide) groups is 1. The lowest BCUT2D eigenvalue weighted by Crippen LogP contribution is -2.24. The van der Waals surface area contributed by atoms with Gasteiger partial charge in [0.2, 0.25) is 17.6 Å². The van der Waals surface area contributed by atoms with Crippen molar-refractivity contribution in [1.82, 2.24) is 15.5 Å². The first-order valence-electron chi connectivity index (χ1n) is 7.16. The molecule has 24 heavy (non-hydrogen) atoms. The molecule has 0 aliphatic heterocycles. The summed E-state index contributed by atoms with van der Waals surface area (Å²) < 4.78 is 23.4. The van der Waals surface area contributed by atoms with Crippen molar-refractivity contribution in [2.24, 2.45) is 0 Å². The van der Waals surface area contributed by atoms with E-state index in [1.54, 1.807) is 30.5 Å². The number of amides is 1. The number of hydrogen-bond acceptors (Lipinski definition) is 6. The maximum Gasteiger partial charge on any atom is 0.236 e. The van der Waals surface area contributed by atoms with Crippen molar-refractivity contribution in [1.29, 1.82) is 0 Å². The number of carbonyl (C=O) groups excluding carboxylic acids is 1. The number of nitrogens with one attached hydrogen (secondary N) is 1. The van der Waals surface area contributed by atoms with Crippen LogP contribution >= 0.6 is 11.8 Å². The van der Waals surface area contributed by atoms with Crippen LogP contribution in [0.4, 0.5) is 4.39 Å². The van der Waals surface area contributed by atoms with E-state index in [1.165, 1.54) is 23.9 Å². The minimum absolute atomic E-state index is 0.110. The molecule has 2 aromatic heterocycles. The van der Waals surface area contributed by atoms with Crippen LogP contribution in [0.3, 0.4) is 0 Å². The van der Waals surface area contributed by atoms with Gasteiger partial charge in [-0.15, -0.1) is 11.8 Å². The highest BCUT2D eigenvalue weighted by molar-refractivity contribution is 7.99. The summed E-state index contributed by atoms with van der Waals surface area (Å²) in [6.45, 7) is 0.358. The summed E-state index contributed by atoms with van der Waals surface area (Å²) in [5, 5.41) is 6.56. The van der Waals surface area contributed by atoms with Crippen LogP contribution in [0.15, 0.2) is 51.6 Å². The Balaban J connectivity index is 1.44. The van der Waals surface area contributed by atoms with Gasteiger partial charge in [-0.2, -0.15) is 4.98 Å². The molecule has 1 aromatic carbocycles. The van der Waals surface area contributed by atoms with Gasteiger partial charge < -0.3 is 14.3 Å². The molecule has 2 heterocycles. The lowest BCUT2D eigenvalue weighted by Gasteiger charge is -2.01. The van der Waals surface area contributed by atoms with E-state index in [2.05, 4.69) is 15.5 Å². The van der Waals surface area contributed by atoms with Gasteiger partial charge >= 0.3 is 0 Å². The van der Waals surface area contributed by atoms with E-state index in [9.17, 15) is 9.18 Å². The third-order valence-corrected chi connectivity index (χ3v) is 3.97. The molecular formula is C16H14FN3O3S. The Bertz CT molecular complexity index is 805. The molecule has 0 unspecified atom stereocenters. The third kappa shape index (κ3) is 4.45. The van der Waals surface area contributed by atoms with E-state index in [-0.39, 0.29) is 17.5 Å². The Morgan fingerprint density at radius 3 is 3.00 bits per heavy atom. The summed E-state index contributed by atoms with van der Waals surface area (Å²) >= 11 is 1.35. The number of hydrogen-bond donors (Lipinski definition) is 1. The Morgan fingerprint density at radius 1 is 1.29 bits per heavy atom. The van der Waals surface area contributed by atoms with E-state index in [1.807, 2.05) is 0 Å². The van der Waals surface area contributed by atoms with E-state index < -0.39 is 0 Å². The van der Waals surface area contributed by atoms with Gasteiger partial charge in [0.15, 0.2) is 0 Å². The first-order valence-corrected chi connectivity index (χ1v) is 8.31. The second-order valence-corrected chi connectivity index (χ2v) is 5.86. The minimum Gasteiger partial charge on any atom is -0.467 e. The van der Waals surface area contributed by atoms with Crippen LogP contribution in [0, 0.1) is 5.82 Å². The molecule has 3 rings (SSSR count). The van der Waals surface area contributed by atoms with Crippen LogP contribution in [0.25, 0.3) is 11.4 Å². The maximum absolute atomic E-state index is 13.2. The zero-order chi connectivity index (χ0) is 16.8. The zero-order valence-corrected chi connectivity index (χ0v) is 13.4. The Morgan fingerprint density at radius 2 is 2.21 bits per heavy atom. The average Bonchev–Trinajstić information content (AvgIpc) is 3.25. The van der Waals surface area contributed by atoms with E-state index in [0.717, 1.165) is 0 Å². The highest BCUT2D eigenvalue weighted by Crippen LogP contribution is 2.18. The second kappa shape index (κ2) is 7.78. The molecule has 0 saturated carbocycles. The third-order valence-electron chi connectivity index (χ3n) is 3.05. The number of benzene rings is 1. The molecule has 3 aromatic rings. The molecule has 1 amide bonds. The van der Waals surface area contributed by atoms with Crippen LogP contribution in [-0.2, 0) is 17.1 Å². The van der Waals surface area contributed by atoms with Crippen molar-refractivity contribution in [3.05, 3.63) is 60.1 Å². The number of aromatic nitrogens is 2. The normalized spacial score (nSPS) is 10.7. The Kier molecular flexibility index (Phi) is 5.27. The highest BCUT2D eigenvalue weighted by Gasteiger charge is 2.10. The van der Waals surface area contributed by atoms with Crippen LogP contribution < -0.4 is 5.32 Å². The van der Waals surface area contributed by atoms with Gasteiger partial charge in [-0.05, 0) is 24.3 Å². The quantitative estimate of drug-likeness (QED) is 0.707. The SMILES string of the molecule is O=C(CSCc1nc(-c2cccc(F)c2)no1)NCc1ccco1. The van der Waals surface area contributed by atoms with Crippen molar-refractivity contribution in [3.8, 4) is 11.4 Å². The fraction of sp³-hybridized carbons (Fsp3) is 0.188. The largest absolute Gasteiger partial charge is 0.467 e. The molecular weight excluding hydrogens is 333 g/mol. The molecule has 0 aliphatic rings. The van der Waals surface area contributed by atoms with Gasteiger partial charge in [0.1, 0.15) is 11.6 Å². The number of rotatable bonds is 7.